The second-order valence-electron chi connectivity index (χ2n) is 7.34. The topological polar surface area (TPSA) is 90.4 Å². The van der Waals surface area contributed by atoms with E-state index in [2.05, 4.69) is 0 Å². The van der Waals surface area contributed by atoms with E-state index in [1.54, 1.807) is 36.2 Å². The van der Waals surface area contributed by atoms with Gasteiger partial charge < -0.3 is 24.5 Å². The van der Waals surface area contributed by atoms with Gasteiger partial charge in [-0.1, -0.05) is 0 Å². The number of piperidine rings is 1. The lowest BCUT2D eigenvalue weighted by Gasteiger charge is -2.36. The molecule has 8 heteroatoms. The number of nitrogens with zero attached hydrogens (tertiary/aromatic N) is 3. The van der Waals surface area contributed by atoms with Gasteiger partial charge in [0.15, 0.2) is 6.61 Å². The van der Waals surface area contributed by atoms with Crippen LogP contribution in [0.3, 0.4) is 0 Å². The molecule has 3 rings (SSSR count). The number of hydrogen-bond acceptors (Lipinski definition) is 4. The van der Waals surface area contributed by atoms with Gasteiger partial charge in [0.25, 0.3) is 0 Å². The van der Waals surface area contributed by atoms with Crippen LogP contribution in [-0.4, -0.2) is 72.6 Å². The van der Waals surface area contributed by atoms with Gasteiger partial charge in [-0.05, 0) is 49.9 Å². The van der Waals surface area contributed by atoms with Crippen LogP contribution >= 0.6 is 0 Å². The van der Waals surface area contributed by atoms with Gasteiger partial charge in [0.2, 0.25) is 5.91 Å². The normalized spacial score (nSPS) is 19.4. The highest BCUT2D eigenvalue weighted by atomic mass is 16.5. The molecule has 8 nitrogen and oxygen atoms in total. The summed E-state index contributed by atoms with van der Waals surface area (Å²) in [7, 11) is 1.72. The Balaban J connectivity index is 1.59. The van der Waals surface area contributed by atoms with E-state index in [4.69, 9.17) is 9.84 Å². The van der Waals surface area contributed by atoms with Gasteiger partial charge in [0.1, 0.15) is 5.75 Å². The highest BCUT2D eigenvalue weighted by Gasteiger charge is 2.33. The lowest BCUT2D eigenvalue weighted by molar-refractivity contribution is -0.139. The summed E-state index contributed by atoms with van der Waals surface area (Å²) >= 11 is 0. The molecular weight excluding hydrogens is 362 g/mol. The van der Waals surface area contributed by atoms with E-state index in [0.29, 0.717) is 24.5 Å². The van der Waals surface area contributed by atoms with Crippen LogP contribution < -0.4 is 9.64 Å². The number of anilines is 1. The quantitative estimate of drug-likeness (QED) is 0.832. The maximum atomic E-state index is 13.0. The fourth-order valence-corrected chi connectivity index (χ4v) is 3.77. The van der Waals surface area contributed by atoms with Gasteiger partial charge in [-0.15, -0.1) is 0 Å². The maximum Gasteiger partial charge on any atom is 0.341 e. The summed E-state index contributed by atoms with van der Waals surface area (Å²) in [5.74, 6) is -0.833. The van der Waals surface area contributed by atoms with Gasteiger partial charge in [-0.2, -0.15) is 0 Å². The number of aliphatic carboxylic acids is 1. The van der Waals surface area contributed by atoms with Crippen molar-refractivity contribution in [3.05, 3.63) is 24.3 Å². The first-order chi connectivity index (χ1) is 13.5. The van der Waals surface area contributed by atoms with Crippen molar-refractivity contribution in [2.24, 2.45) is 5.92 Å². The fourth-order valence-electron chi connectivity index (χ4n) is 3.77. The summed E-state index contributed by atoms with van der Waals surface area (Å²) in [6.07, 6.45) is 3.70. The molecule has 0 radical (unpaired) electrons. The molecule has 28 heavy (non-hydrogen) atoms. The monoisotopic (exact) mass is 389 g/mol. The van der Waals surface area contributed by atoms with Crippen molar-refractivity contribution in [2.45, 2.75) is 25.7 Å². The highest BCUT2D eigenvalue weighted by Crippen LogP contribution is 2.25. The number of carboxylic acids is 1. The van der Waals surface area contributed by atoms with Crippen LogP contribution in [0.4, 0.5) is 10.5 Å². The Morgan fingerprint density at radius 1 is 1.07 bits per heavy atom. The molecule has 1 N–H and O–H groups in total. The van der Waals surface area contributed by atoms with E-state index < -0.39 is 12.6 Å². The van der Waals surface area contributed by atoms with Crippen molar-refractivity contribution in [1.82, 2.24) is 9.80 Å². The Kier molecular flexibility index (Phi) is 6.38. The Bertz CT molecular complexity index is 715. The van der Waals surface area contributed by atoms with Crippen molar-refractivity contribution >= 4 is 23.6 Å². The van der Waals surface area contributed by atoms with Crippen LogP contribution in [0.25, 0.3) is 0 Å². The van der Waals surface area contributed by atoms with Crippen molar-refractivity contribution in [3.8, 4) is 5.75 Å². The molecule has 0 aromatic heterocycles. The third-order valence-electron chi connectivity index (χ3n) is 5.33. The average Bonchev–Trinajstić information content (AvgIpc) is 3.26. The lowest BCUT2D eigenvalue weighted by atomic mass is 9.96. The van der Waals surface area contributed by atoms with Crippen molar-refractivity contribution in [3.63, 3.8) is 0 Å². The van der Waals surface area contributed by atoms with Gasteiger partial charge in [0.05, 0.1) is 5.92 Å². The van der Waals surface area contributed by atoms with E-state index in [1.807, 2.05) is 9.80 Å². The molecule has 2 fully saturated rings. The van der Waals surface area contributed by atoms with E-state index in [9.17, 15) is 14.4 Å². The third-order valence-corrected chi connectivity index (χ3v) is 5.33. The molecule has 3 amide bonds. The number of carboxylic acid groups (broad SMARTS) is 1. The zero-order chi connectivity index (χ0) is 20.1. The minimum absolute atomic E-state index is 0.0156. The Morgan fingerprint density at radius 3 is 2.36 bits per heavy atom. The van der Waals surface area contributed by atoms with Crippen LogP contribution in [0, 0.1) is 5.92 Å². The minimum Gasteiger partial charge on any atom is -0.482 e. The molecule has 2 heterocycles. The number of benzene rings is 1. The van der Waals surface area contributed by atoms with Gasteiger partial charge in [0, 0.05) is 38.9 Å². The van der Waals surface area contributed by atoms with Crippen LogP contribution in [0.1, 0.15) is 25.7 Å². The SMILES string of the molecule is CN(C(=O)C1CCCN(C(=O)N2CCCC2)C1)c1ccc(OCC(=O)O)cc1. The van der Waals surface area contributed by atoms with Crippen molar-refractivity contribution < 1.29 is 24.2 Å². The first-order valence-corrected chi connectivity index (χ1v) is 9.72. The molecule has 2 aliphatic heterocycles. The summed E-state index contributed by atoms with van der Waals surface area (Å²) in [5, 5.41) is 8.66. The van der Waals surface area contributed by atoms with E-state index >= 15 is 0 Å². The predicted molar refractivity (Wildman–Crippen MR) is 103 cm³/mol. The Labute approximate surface area is 164 Å². The molecule has 2 saturated heterocycles. The van der Waals surface area contributed by atoms with Crippen molar-refractivity contribution in [2.75, 3.05) is 44.7 Å². The molecule has 0 saturated carbocycles. The van der Waals surface area contributed by atoms with Crippen LogP contribution in [0.2, 0.25) is 0 Å². The average molecular weight is 389 g/mol. The summed E-state index contributed by atoms with van der Waals surface area (Å²) in [4.78, 5) is 41.4. The van der Waals surface area contributed by atoms with E-state index in [0.717, 1.165) is 38.8 Å². The van der Waals surface area contributed by atoms with Crippen LogP contribution in [0.15, 0.2) is 24.3 Å². The second kappa shape index (κ2) is 8.95. The standard InChI is InChI=1S/C20H27N3O5/c1-21(16-6-8-17(9-7-16)28-14-18(24)25)19(26)15-5-4-12-23(13-15)20(27)22-10-2-3-11-22/h6-9,15H,2-5,10-14H2,1H3,(H,24,25). The molecule has 1 aromatic rings. The van der Waals surface area contributed by atoms with E-state index in [-0.39, 0.29) is 17.9 Å². The summed E-state index contributed by atoms with van der Waals surface area (Å²) in [6, 6.07) is 6.80. The highest BCUT2D eigenvalue weighted by molar-refractivity contribution is 5.95. The molecule has 1 atom stereocenters. The molecule has 0 aliphatic carbocycles. The molecule has 2 aliphatic rings. The van der Waals surface area contributed by atoms with Gasteiger partial charge in [-0.3, -0.25) is 4.79 Å². The smallest absolute Gasteiger partial charge is 0.341 e. The molecule has 1 aromatic carbocycles. The number of ether oxygens (including phenoxy) is 1. The molecule has 1 unspecified atom stereocenters. The summed E-state index contributed by atoms with van der Waals surface area (Å²) in [6.45, 7) is 2.38. The molecular formula is C20H27N3O5. The number of carbonyl (C=O) groups excluding carboxylic acids is 2. The molecule has 0 bridgehead atoms. The maximum absolute atomic E-state index is 13.0. The van der Waals surface area contributed by atoms with Gasteiger partial charge >= 0.3 is 12.0 Å². The van der Waals surface area contributed by atoms with E-state index in [1.165, 1.54) is 0 Å². The number of rotatable bonds is 5. The number of urea groups is 1. The largest absolute Gasteiger partial charge is 0.482 e. The third kappa shape index (κ3) is 4.74. The first-order valence-electron chi connectivity index (χ1n) is 9.72. The number of carbonyl (C=O) groups is 3. The zero-order valence-electron chi connectivity index (χ0n) is 16.2. The predicted octanol–water partition coefficient (Wildman–Crippen LogP) is 2.04. The van der Waals surface area contributed by atoms with Crippen molar-refractivity contribution in [1.29, 1.82) is 0 Å². The second-order valence-corrected chi connectivity index (χ2v) is 7.34. The molecule has 0 spiro atoms. The minimum atomic E-state index is -1.04. The first kappa shape index (κ1) is 20.0. The number of amides is 3. The van der Waals surface area contributed by atoms with Crippen LogP contribution in [0.5, 0.6) is 5.75 Å². The Hall–Kier alpha value is -2.77. The van der Waals surface area contributed by atoms with Crippen LogP contribution in [-0.2, 0) is 9.59 Å². The molecule has 152 valence electrons. The number of likely N-dealkylation sites (tertiary alicyclic amines) is 2. The lowest BCUT2D eigenvalue weighted by Crippen LogP contribution is -2.49. The Morgan fingerprint density at radius 2 is 1.71 bits per heavy atom. The van der Waals surface area contributed by atoms with Gasteiger partial charge in [-0.25, -0.2) is 9.59 Å². The summed E-state index contributed by atoms with van der Waals surface area (Å²) < 4.78 is 5.12. The zero-order valence-corrected chi connectivity index (χ0v) is 16.2. The number of hydrogen-bond donors (Lipinski definition) is 1. The summed E-state index contributed by atoms with van der Waals surface area (Å²) in [5.41, 5.74) is 0.704. The fraction of sp³-hybridized carbons (Fsp3) is 0.550.